The van der Waals surface area contributed by atoms with Crippen molar-refractivity contribution in [1.29, 1.82) is 0 Å². The summed E-state index contributed by atoms with van der Waals surface area (Å²) in [5, 5.41) is 7.50. The molecule has 0 aliphatic heterocycles. The molecule has 9 N–H and O–H groups in total. The molecule has 0 saturated carbocycles. The van der Waals surface area contributed by atoms with Crippen molar-refractivity contribution in [2.75, 3.05) is 13.1 Å². The fraction of sp³-hybridized carbons (Fsp3) is 0.688. The van der Waals surface area contributed by atoms with E-state index >= 15 is 0 Å². The van der Waals surface area contributed by atoms with Crippen molar-refractivity contribution in [1.82, 2.24) is 16.0 Å². The molecule has 0 radical (unpaired) electrons. The third-order valence-corrected chi connectivity index (χ3v) is 3.63. The molecule has 0 spiro atoms. The van der Waals surface area contributed by atoms with Crippen LogP contribution in [0.4, 0.5) is 0 Å². The second kappa shape index (κ2) is 12.5. The van der Waals surface area contributed by atoms with E-state index in [9.17, 15) is 19.2 Å². The van der Waals surface area contributed by atoms with Crippen molar-refractivity contribution >= 4 is 29.6 Å². The molecular formula is C16H31N7O4. The Bertz CT molecular complexity index is 559. The molecule has 11 heteroatoms. The van der Waals surface area contributed by atoms with Crippen LogP contribution >= 0.6 is 0 Å². The molecule has 2 unspecified atom stereocenters. The number of carbonyl (C=O) groups is 4. The lowest BCUT2D eigenvalue weighted by molar-refractivity contribution is -0.132. The molecule has 0 aliphatic rings. The quantitative estimate of drug-likeness (QED) is 0.124. The third kappa shape index (κ3) is 10.7. The highest BCUT2D eigenvalue weighted by Gasteiger charge is 2.24. The van der Waals surface area contributed by atoms with Gasteiger partial charge in [-0.15, -0.1) is 0 Å². The standard InChI is InChI=1S/C16H31N7O4/c1-4-11(24)23-13(9(2)3)15(27)21-8-12(25)22-10(14(17)26)6-5-7-20-16(18)19/h9-10,13H,4-8H2,1-3H3,(H2,17,26)(H,21,27)(H,22,25)(H,23,24)(H4,18,19,20). The molecule has 0 aromatic heterocycles. The Balaban J connectivity index is 4.54. The first kappa shape index (κ1) is 24.1. The molecule has 2 atom stereocenters. The zero-order valence-corrected chi connectivity index (χ0v) is 16.1. The maximum absolute atomic E-state index is 12.2. The van der Waals surface area contributed by atoms with Gasteiger partial charge in [-0.3, -0.25) is 24.2 Å². The summed E-state index contributed by atoms with van der Waals surface area (Å²) < 4.78 is 0. The topological polar surface area (TPSA) is 195 Å². The van der Waals surface area contributed by atoms with E-state index in [-0.39, 0.29) is 37.2 Å². The Hall–Kier alpha value is -2.85. The van der Waals surface area contributed by atoms with Crippen LogP contribution in [0, 0.1) is 5.92 Å². The van der Waals surface area contributed by atoms with E-state index in [0.717, 1.165) is 0 Å². The molecule has 154 valence electrons. The summed E-state index contributed by atoms with van der Waals surface area (Å²) in [6.45, 7) is 5.18. The number of nitrogens with two attached hydrogens (primary N) is 3. The Morgan fingerprint density at radius 3 is 2.11 bits per heavy atom. The number of rotatable bonds is 12. The molecule has 0 fully saturated rings. The second-order valence-corrected chi connectivity index (χ2v) is 6.33. The van der Waals surface area contributed by atoms with Gasteiger partial charge >= 0.3 is 0 Å². The molecule has 0 aromatic carbocycles. The van der Waals surface area contributed by atoms with Gasteiger partial charge in [0.25, 0.3) is 0 Å². The van der Waals surface area contributed by atoms with Gasteiger partial charge in [0.15, 0.2) is 5.96 Å². The molecule has 4 amide bonds. The number of amides is 4. The van der Waals surface area contributed by atoms with Crippen LogP contribution in [-0.4, -0.2) is 54.8 Å². The monoisotopic (exact) mass is 385 g/mol. The van der Waals surface area contributed by atoms with Crippen LogP contribution < -0.4 is 33.2 Å². The fourth-order valence-electron chi connectivity index (χ4n) is 2.12. The lowest BCUT2D eigenvalue weighted by Crippen LogP contribution is -2.53. The van der Waals surface area contributed by atoms with Crippen LogP contribution in [0.3, 0.4) is 0 Å². The summed E-state index contributed by atoms with van der Waals surface area (Å²) in [6.07, 6.45) is 0.945. The minimum Gasteiger partial charge on any atom is -0.370 e. The summed E-state index contributed by atoms with van der Waals surface area (Å²) >= 11 is 0. The highest BCUT2D eigenvalue weighted by molar-refractivity contribution is 5.92. The minimum absolute atomic E-state index is 0.0627. The predicted molar refractivity (Wildman–Crippen MR) is 101 cm³/mol. The number of hydrogen-bond donors (Lipinski definition) is 6. The van der Waals surface area contributed by atoms with E-state index in [1.807, 2.05) is 0 Å². The van der Waals surface area contributed by atoms with E-state index in [4.69, 9.17) is 17.2 Å². The van der Waals surface area contributed by atoms with Crippen molar-refractivity contribution in [3.8, 4) is 0 Å². The van der Waals surface area contributed by atoms with Crippen LogP contribution in [-0.2, 0) is 19.2 Å². The first-order valence-corrected chi connectivity index (χ1v) is 8.79. The number of guanidine groups is 1. The molecule has 27 heavy (non-hydrogen) atoms. The SMILES string of the molecule is CCC(=O)NC(C(=O)NCC(=O)NC(CCCN=C(N)N)C(N)=O)C(C)C. The van der Waals surface area contributed by atoms with Gasteiger partial charge in [-0.05, 0) is 18.8 Å². The summed E-state index contributed by atoms with van der Waals surface area (Å²) in [5.41, 5.74) is 15.7. The summed E-state index contributed by atoms with van der Waals surface area (Å²) in [6, 6.07) is -1.65. The average molecular weight is 385 g/mol. The van der Waals surface area contributed by atoms with E-state index in [1.165, 1.54) is 0 Å². The van der Waals surface area contributed by atoms with Crippen molar-refractivity contribution < 1.29 is 19.2 Å². The first-order chi connectivity index (χ1) is 12.6. The zero-order valence-electron chi connectivity index (χ0n) is 16.1. The van der Waals surface area contributed by atoms with Crippen LogP contribution in [0.2, 0.25) is 0 Å². The Labute approximate surface area is 158 Å². The van der Waals surface area contributed by atoms with E-state index in [2.05, 4.69) is 20.9 Å². The van der Waals surface area contributed by atoms with Gasteiger partial charge in [0.05, 0.1) is 6.54 Å². The van der Waals surface area contributed by atoms with Crippen LogP contribution in [0.25, 0.3) is 0 Å². The summed E-state index contributed by atoms with van der Waals surface area (Å²) in [4.78, 5) is 50.9. The van der Waals surface area contributed by atoms with Gasteiger partial charge in [-0.25, -0.2) is 0 Å². The maximum atomic E-state index is 12.2. The first-order valence-electron chi connectivity index (χ1n) is 8.79. The van der Waals surface area contributed by atoms with E-state index < -0.39 is 29.8 Å². The molecule has 11 nitrogen and oxygen atoms in total. The molecule has 0 aromatic rings. The number of nitrogens with one attached hydrogen (secondary N) is 3. The largest absolute Gasteiger partial charge is 0.370 e. The third-order valence-electron chi connectivity index (χ3n) is 3.63. The highest BCUT2D eigenvalue weighted by Crippen LogP contribution is 2.02. The second-order valence-electron chi connectivity index (χ2n) is 6.33. The van der Waals surface area contributed by atoms with Crippen molar-refractivity contribution in [3.05, 3.63) is 0 Å². The van der Waals surface area contributed by atoms with Gasteiger partial charge < -0.3 is 33.2 Å². The lowest BCUT2D eigenvalue weighted by atomic mass is 10.0. The Morgan fingerprint density at radius 1 is 1.00 bits per heavy atom. The predicted octanol–water partition coefficient (Wildman–Crippen LogP) is -2.32. The van der Waals surface area contributed by atoms with Gasteiger partial charge in [0.2, 0.25) is 23.6 Å². The highest BCUT2D eigenvalue weighted by atomic mass is 16.2. The van der Waals surface area contributed by atoms with Crippen molar-refractivity contribution in [3.63, 3.8) is 0 Å². The minimum atomic E-state index is -0.899. The van der Waals surface area contributed by atoms with Crippen LogP contribution in [0.1, 0.15) is 40.0 Å². The zero-order chi connectivity index (χ0) is 21.0. The Morgan fingerprint density at radius 2 is 1.63 bits per heavy atom. The number of carbonyl (C=O) groups excluding carboxylic acids is 4. The average Bonchev–Trinajstić information content (AvgIpc) is 2.59. The van der Waals surface area contributed by atoms with Gasteiger partial charge in [-0.1, -0.05) is 20.8 Å². The summed E-state index contributed by atoms with van der Waals surface area (Å²) in [5.74, 6) is -2.23. The van der Waals surface area contributed by atoms with Crippen LogP contribution in [0.5, 0.6) is 0 Å². The van der Waals surface area contributed by atoms with Gasteiger partial charge in [-0.2, -0.15) is 0 Å². The molecule has 0 heterocycles. The molecular weight excluding hydrogens is 354 g/mol. The van der Waals surface area contributed by atoms with Gasteiger partial charge in [0.1, 0.15) is 12.1 Å². The van der Waals surface area contributed by atoms with E-state index in [0.29, 0.717) is 13.0 Å². The number of aliphatic imine (C=N–C) groups is 1. The van der Waals surface area contributed by atoms with E-state index in [1.54, 1.807) is 20.8 Å². The normalized spacial score (nSPS) is 12.6. The maximum Gasteiger partial charge on any atom is 0.243 e. The van der Waals surface area contributed by atoms with Gasteiger partial charge in [0, 0.05) is 13.0 Å². The fourth-order valence-corrected chi connectivity index (χ4v) is 2.12. The smallest absolute Gasteiger partial charge is 0.243 e. The molecule has 0 rings (SSSR count). The number of hydrogen-bond acceptors (Lipinski definition) is 5. The molecule has 0 bridgehead atoms. The van der Waals surface area contributed by atoms with Crippen molar-refractivity contribution in [2.24, 2.45) is 28.1 Å². The lowest BCUT2D eigenvalue weighted by Gasteiger charge is -2.21. The van der Waals surface area contributed by atoms with Crippen molar-refractivity contribution in [2.45, 2.75) is 52.1 Å². The number of primary amides is 1. The molecule has 0 aliphatic carbocycles. The Kier molecular flexibility index (Phi) is 11.2. The van der Waals surface area contributed by atoms with Crippen LogP contribution in [0.15, 0.2) is 4.99 Å². The number of nitrogens with zero attached hydrogens (tertiary/aromatic N) is 1. The summed E-state index contributed by atoms with van der Waals surface area (Å²) in [7, 11) is 0. The molecule has 0 saturated heterocycles.